The van der Waals surface area contributed by atoms with Crippen molar-refractivity contribution in [3.8, 4) is 0 Å². The summed E-state index contributed by atoms with van der Waals surface area (Å²) in [7, 11) is 0. The van der Waals surface area contributed by atoms with Gasteiger partial charge in [-0.15, -0.1) is 0 Å². The third kappa shape index (κ3) is 3.89. The Morgan fingerprint density at radius 3 is 2.90 bits per heavy atom. The van der Waals surface area contributed by atoms with Crippen LogP contribution in [0.4, 0.5) is 11.6 Å². The molecular weight excluding hydrogens is 254 g/mol. The molecule has 106 valence electrons. The van der Waals surface area contributed by atoms with Crippen LogP contribution in [0, 0.1) is 0 Å². The number of hydrogen-bond donors (Lipinski definition) is 2. The lowest BCUT2D eigenvalue weighted by Gasteiger charge is -2.14. The van der Waals surface area contributed by atoms with Crippen molar-refractivity contribution in [2.75, 3.05) is 17.7 Å². The lowest BCUT2D eigenvalue weighted by molar-refractivity contribution is 0.128. The summed E-state index contributed by atoms with van der Waals surface area (Å²) in [6.45, 7) is 4.91. The van der Waals surface area contributed by atoms with Gasteiger partial charge in [0.1, 0.15) is 18.2 Å². The summed E-state index contributed by atoms with van der Waals surface area (Å²) in [5.74, 6) is 1.67. The molecule has 0 bridgehead atoms. The molecule has 3 N–H and O–H groups in total. The molecule has 0 radical (unpaired) electrons. The fraction of sp³-hybridized carbons (Fsp3) is 0.357. The number of ether oxygens (including phenoxy) is 1. The molecule has 0 amide bonds. The Hall–Kier alpha value is -2.21. The van der Waals surface area contributed by atoms with Crippen LogP contribution in [-0.2, 0) is 11.3 Å². The summed E-state index contributed by atoms with van der Waals surface area (Å²) >= 11 is 0. The van der Waals surface area contributed by atoms with Crippen LogP contribution < -0.4 is 11.1 Å². The van der Waals surface area contributed by atoms with Crippen molar-refractivity contribution < 1.29 is 4.74 Å². The molecule has 0 aliphatic heterocycles. The van der Waals surface area contributed by atoms with Crippen molar-refractivity contribution in [3.63, 3.8) is 0 Å². The first kappa shape index (κ1) is 14.2. The third-order valence-electron chi connectivity index (χ3n) is 2.72. The predicted octanol–water partition coefficient (Wildman–Crippen LogP) is 2.16. The zero-order valence-electron chi connectivity index (χ0n) is 11.7. The van der Waals surface area contributed by atoms with E-state index in [4.69, 9.17) is 10.5 Å². The molecule has 1 unspecified atom stereocenters. The van der Waals surface area contributed by atoms with Crippen molar-refractivity contribution >= 4 is 11.6 Å². The van der Waals surface area contributed by atoms with Gasteiger partial charge in [0.05, 0.1) is 11.7 Å². The average Bonchev–Trinajstić information content (AvgIpc) is 2.45. The van der Waals surface area contributed by atoms with Gasteiger partial charge < -0.3 is 15.8 Å². The van der Waals surface area contributed by atoms with E-state index in [1.54, 1.807) is 12.3 Å². The molecule has 6 nitrogen and oxygen atoms in total. The molecule has 0 spiro atoms. The van der Waals surface area contributed by atoms with Gasteiger partial charge in [0, 0.05) is 18.9 Å². The summed E-state index contributed by atoms with van der Waals surface area (Å²) in [4.78, 5) is 12.8. The lowest BCUT2D eigenvalue weighted by Crippen LogP contribution is -2.12. The van der Waals surface area contributed by atoms with Crippen LogP contribution >= 0.6 is 0 Å². The van der Waals surface area contributed by atoms with E-state index in [1.165, 1.54) is 0 Å². The van der Waals surface area contributed by atoms with Crippen molar-refractivity contribution in [1.29, 1.82) is 0 Å². The fourth-order valence-corrected chi connectivity index (χ4v) is 1.78. The summed E-state index contributed by atoms with van der Waals surface area (Å²) < 4.78 is 5.30. The molecule has 0 saturated carbocycles. The van der Waals surface area contributed by atoms with Gasteiger partial charge in [0.15, 0.2) is 5.82 Å². The minimum atomic E-state index is 0.0328. The highest BCUT2D eigenvalue weighted by atomic mass is 16.5. The smallest absolute Gasteiger partial charge is 0.158 e. The number of rotatable bonds is 6. The fourth-order valence-electron chi connectivity index (χ4n) is 1.78. The predicted molar refractivity (Wildman–Crippen MR) is 78.0 cm³/mol. The molecule has 0 saturated heterocycles. The zero-order chi connectivity index (χ0) is 14.4. The highest BCUT2D eigenvalue weighted by molar-refractivity contribution is 5.45. The summed E-state index contributed by atoms with van der Waals surface area (Å²) in [5.41, 5.74) is 6.72. The summed E-state index contributed by atoms with van der Waals surface area (Å²) in [6, 6.07) is 7.54. The van der Waals surface area contributed by atoms with Gasteiger partial charge >= 0.3 is 0 Å². The monoisotopic (exact) mass is 273 g/mol. The topological polar surface area (TPSA) is 86.0 Å². The minimum Gasteiger partial charge on any atom is -0.384 e. The van der Waals surface area contributed by atoms with E-state index in [2.05, 4.69) is 20.3 Å². The highest BCUT2D eigenvalue weighted by Crippen LogP contribution is 2.17. The van der Waals surface area contributed by atoms with Crippen molar-refractivity contribution in [2.45, 2.75) is 26.5 Å². The minimum absolute atomic E-state index is 0.0328. The molecule has 1 atom stereocenters. The van der Waals surface area contributed by atoms with Crippen LogP contribution in [0.3, 0.4) is 0 Å². The quantitative estimate of drug-likeness (QED) is 0.838. The normalized spacial score (nSPS) is 12.1. The molecule has 20 heavy (non-hydrogen) atoms. The Balaban J connectivity index is 2.10. The number of hydrogen-bond acceptors (Lipinski definition) is 6. The number of aromatic nitrogens is 3. The Morgan fingerprint density at radius 1 is 1.35 bits per heavy atom. The number of pyridine rings is 1. The third-order valence-corrected chi connectivity index (χ3v) is 2.72. The Kier molecular flexibility index (Phi) is 4.84. The van der Waals surface area contributed by atoms with Crippen LogP contribution in [0.5, 0.6) is 0 Å². The molecule has 0 aliphatic carbocycles. The second-order valence-corrected chi connectivity index (χ2v) is 4.35. The SMILES string of the molecule is CCOCc1nc(N)cc(NC(C)c2ccccn2)n1. The van der Waals surface area contributed by atoms with E-state index in [1.807, 2.05) is 32.0 Å². The Bertz CT molecular complexity index is 547. The number of anilines is 2. The Morgan fingerprint density at radius 2 is 2.20 bits per heavy atom. The second-order valence-electron chi connectivity index (χ2n) is 4.35. The number of nitrogens with two attached hydrogens (primary N) is 1. The van der Waals surface area contributed by atoms with Crippen molar-refractivity contribution in [3.05, 3.63) is 42.0 Å². The van der Waals surface area contributed by atoms with Gasteiger partial charge in [0.2, 0.25) is 0 Å². The van der Waals surface area contributed by atoms with E-state index in [0.717, 1.165) is 5.69 Å². The molecule has 6 heteroatoms. The molecule has 2 aromatic rings. The van der Waals surface area contributed by atoms with Crippen molar-refractivity contribution in [1.82, 2.24) is 15.0 Å². The Labute approximate surface area is 118 Å². The maximum absolute atomic E-state index is 5.78. The van der Waals surface area contributed by atoms with Gasteiger partial charge in [0.25, 0.3) is 0 Å². The van der Waals surface area contributed by atoms with Crippen LogP contribution in [0.25, 0.3) is 0 Å². The highest BCUT2D eigenvalue weighted by Gasteiger charge is 2.09. The van der Waals surface area contributed by atoms with Gasteiger partial charge in [-0.1, -0.05) is 6.07 Å². The van der Waals surface area contributed by atoms with Gasteiger partial charge in [-0.2, -0.15) is 0 Å². The molecule has 2 heterocycles. The maximum atomic E-state index is 5.78. The van der Waals surface area contributed by atoms with Gasteiger partial charge in [-0.3, -0.25) is 4.98 Å². The average molecular weight is 273 g/mol. The first-order chi connectivity index (χ1) is 9.69. The van der Waals surface area contributed by atoms with Gasteiger partial charge in [-0.05, 0) is 26.0 Å². The van der Waals surface area contributed by atoms with E-state index in [0.29, 0.717) is 30.7 Å². The largest absolute Gasteiger partial charge is 0.384 e. The van der Waals surface area contributed by atoms with Gasteiger partial charge in [-0.25, -0.2) is 9.97 Å². The first-order valence-corrected chi connectivity index (χ1v) is 6.57. The number of nitrogen functional groups attached to an aromatic ring is 1. The molecule has 0 fully saturated rings. The van der Waals surface area contributed by atoms with Crippen LogP contribution in [-0.4, -0.2) is 21.6 Å². The summed E-state index contributed by atoms with van der Waals surface area (Å²) in [5, 5.41) is 3.27. The van der Waals surface area contributed by atoms with Crippen LogP contribution in [0.2, 0.25) is 0 Å². The standard InChI is InChI=1S/C14H19N5O/c1-3-20-9-14-18-12(15)8-13(19-14)17-10(2)11-6-4-5-7-16-11/h4-8,10H,3,9H2,1-2H3,(H3,15,17,18,19). The van der Waals surface area contributed by atoms with E-state index in [9.17, 15) is 0 Å². The molecule has 0 aromatic carbocycles. The molecule has 0 aliphatic rings. The zero-order valence-corrected chi connectivity index (χ0v) is 11.7. The first-order valence-electron chi connectivity index (χ1n) is 6.57. The van der Waals surface area contributed by atoms with Crippen LogP contribution in [0.15, 0.2) is 30.5 Å². The summed E-state index contributed by atoms with van der Waals surface area (Å²) in [6.07, 6.45) is 1.77. The van der Waals surface area contributed by atoms with Crippen molar-refractivity contribution in [2.24, 2.45) is 0 Å². The van der Waals surface area contributed by atoms with E-state index < -0.39 is 0 Å². The maximum Gasteiger partial charge on any atom is 0.158 e. The molecular formula is C14H19N5O. The van der Waals surface area contributed by atoms with Crippen LogP contribution in [0.1, 0.15) is 31.4 Å². The van der Waals surface area contributed by atoms with E-state index in [-0.39, 0.29) is 6.04 Å². The number of nitrogens with zero attached hydrogens (tertiary/aromatic N) is 3. The number of nitrogens with one attached hydrogen (secondary N) is 1. The van der Waals surface area contributed by atoms with E-state index >= 15 is 0 Å². The lowest BCUT2D eigenvalue weighted by atomic mass is 10.2. The molecule has 2 aromatic heterocycles. The molecule has 2 rings (SSSR count). The second kappa shape index (κ2) is 6.81.